The van der Waals surface area contributed by atoms with Gasteiger partial charge in [0.05, 0.1) is 17.9 Å². The molecule has 10 atom stereocenters. The van der Waals surface area contributed by atoms with E-state index in [1.165, 1.54) is 13.8 Å². The summed E-state index contributed by atoms with van der Waals surface area (Å²) in [5.74, 6) is -6.38. The lowest BCUT2D eigenvalue weighted by atomic mass is 9.44. The van der Waals surface area contributed by atoms with Crippen LogP contribution < -0.4 is 0 Å². The highest BCUT2D eigenvalue weighted by atomic mass is 16.6. The maximum Gasteiger partial charge on any atom is 0.332 e. The van der Waals surface area contributed by atoms with Crippen LogP contribution in [-0.2, 0) is 61.9 Å². The molecule has 1 aliphatic heterocycles. The second-order valence-corrected chi connectivity index (χ2v) is 13.6. The summed E-state index contributed by atoms with van der Waals surface area (Å²) in [6.45, 7) is 10.7. The Morgan fingerprint density at radius 1 is 0.809 bits per heavy atom. The first kappa shape index (κ1) is 36.3. The average Bonchev–Trinajstić information content (AvgIpc) is 2.92. The molecule has 3 fully saturated rings. The monoisotopic (exact) mass is 668 g/mol. The molecule has 1 heterocycles. The Balaban J connectivity index is 2.24. The first-order chi connectivity index (χ1) is 21.7. The van der Waals surface area contributed by atoms with E-state index in [1.54, 1.807) is 27.7 Å². The number of hydrogen-bond acceptors (Lipinski definition) is 15. The Hall–Kier alpha value is -3.56. The number of hydrogen-bond donors (Lipinski definition) is 2. The Bertz CT molecular complexity index is 1380. The number of esters is 6. The van der Waals surface area contributed by atoms with Gasteiger partial charge in [-0.3, -0.25) is 24.0 Å². The standard InChI is InChI=1S/C32H44O15/c1-14-20(42-15(2)34)11-32(40)28(45-18(5)37)26-30(9,21(43-16(3)35)10-22-31(26,13-41-22)47-19(6)38)27(44-17(4)36)25(46-23(39)12-33)24(14)29(32,7)8/h20-22,25-28,33,40H,10-13H2,1-9H3. The molecule has 2 bridgehead atoms. The molecule has 10 unspecified atom stereocenters. The number of fused-ring (bicyclic) bond motifs is 5. The molecule has 4 rings (SSSR count). The van der Waals surface area contributed by atoms with Gasteiger partial charge in [-0.25, -0.2) is 4.79 Å². The molecule has 4 aliphatic rings. The van der Waals surface area contributed by atoms with E-state index < -0.39 is 107 Å². The minimum absolute atomic E-state index is 0.0962. The maximum absolute atomic E-state index is 13.1. The number of rotatable bonds is 7. The Kier molecular flexibility index (Phi) is 9.63. The minimum atomic E-state index is -2.18. The van der Waals surface area contributed by atoms with E-state index in [-0.39, 0.29) is 25.0 Å². The van der Waals surface area contributed by atoms with Crippen molar-refractivity contribution in [2.75, 3.05) is 13.2 Å². The Morgan fingerprint density at radius 2 is 1.36 bits per heavy atom. The van der Waals surface area contributed by atoms with Crippen LogP contribution in [0.1, 0.15) is 75.2 Å². The van der Waals surface area contributed by atoms with Crippen molar-refractivity contribution in [3.8, 4) is 0 Å². The van der Waals surface area contributed by atoms with Crippen molar-refractivity contribution in [2.45, 2.75) is 123 Å². The molecule has 0 aromatic heterocycles. The summed E-state index contributed by atoms with van der Waals surface area (Å²) in [5, 5.41) is 22.9. The molecule has 47 heavy (non-hydrogen) atoms. The molecule has 2 N–H and O–H groups in total. The van der Waals surface area contributed by atoms with E-state index in [0.29, 0.717) is 5.57 Å². The van der Waals surface area contributed by atoms with Crippen LogP contribution in [0.2, 0.25) is 0 Å². The van der Waals surface area contributed by atoms with Crippen LogP contribution >= 0.6 is 0 Å². The van der Waals surface area contributed by atoms with Crippen molar-refractivity contribution in [1.29, 1.82) is 0 Å². The summed E-state index contributed by atoms with van der Waals surface area (Å²) >= 11 is 0. The van der Waals surface area contributed by atoms with Crippen LogP contribution in [0.3, 0.4) is 0 Å². The molecule has 2 saturated carbocycles. The van der Waals surface area contributed by atoms with Gasteiger partial charge in [0.2, 0.25) is 0 Å². The van der Waals surface area contributed by atoms with Crippen molar-refractivity contribution in [3.05, 3.63) is 11.1 Å². The zero-order valence-electron chi connectivity index (χ0n) is 28.1. The molecule has 15 nitrogen and oxygen atoms in total. The van der Waals surface area contributed by atoms with Gasteiger partial charge < -0.3 is 43.4 Å². The molecule has 15 heteroatoms. The molecule has 0 aromatic rings. The number of carbonyl (C=O) groups excluding carboxylic acids is 6. The smallest absolute Gasteiger partial charge is 0.332 e. The normalized spacial score (nSPS) is 38.5. The Labute approximate surface area is 272 Å². The largest absolute Gasteiger partial charge is 0.462 e. The minimum Gasteiger partial charge on any atom is -0.462 e. The van der Waals surface area contributed by atoms with Crippen molar-refractivity contribution < 1.29 is 72.1 Å². The molecular weight excluding hydrogens is 624 g/mol. The van der Waals surface area contributed by atoms with Gasteiger partial charge in [0.15, 0.2) is 17.8 Å². The fraction of sp³-hybridized carbons (Fsp3) is 0.750. The van der Waals surface area contributed by atoms with Crippen molar-refractivity contribution in [2.24, 2.45) is 16.7 Å². The summed E-state index contributed by atoms with van der Waals surface area (Å²) in [6.07, 6.45) is -8.60. The van der Waals surface area contributed by atoms with Crippen LogP contribution in [0, 0.1) is 16.7 Å². The fourth-order valence-electron chi connectivity index (χ4n) is 8.58. The summed E-state index contributed by atoms with van der Waals surface area (Å²) in [7, 11) is 0. The predicted molar refractivity (Wildman–Crippen MR) is 156 cm³/mol. The van der Waals surface area contributed by atoms with Crippen LogP contribution in [0.5, 0.6) is 0 Å². The zero-order valence-corrected chi connectivity index (χ0v) is 28.1. The predicted octanol–water partition coefficient (Wildman–Crippen LogP) is 0.835. The first-order valence-electron chi connectivity index (χ1n) is 15.4. The van der Waals surface area contributed by atoms with Crippen LogP contribution in [-0.4, -0.2) is 107 Å². The molecule has 0 amide bonds. The summed E-state index contributed by atoms with van der Waals surface area (Å²) in [4.78, 5) is 76.7. The quantitative estimate of drug-likeness (QED) is 0.219. The van der Waals surface area contributed by atoms with E-state index in [1.807, 2.05) is 0 Å². The SMILES string of the molecule is CC(=O)OC1CC2(O)C(OC(C)=O)C3C4(OC(C)=O)COC4CC(OC(C)=O)C3(C)C(OC(C)=O)C(OC(=O)CO)C(=C1C)C2(C)C. The van der Waals surface area contributed by atoms with Crippen molar-refractivity contribution >= 4 is 35.8 Å². The molecule has 0 radical (unpaired) electrons. The lowest BCUT2D eigenvalue weighted by Gasteiger charge is -2.69. The third-order valence-electron chi connectivity index (χ3n) is 10.4. The molecule has 1 saturated heterocycles. The molecule has 3 aliphatic carbocycles. The van der Waals surface area contributed by atoms with E-state index >= 15 is 0 Å². The molecule has 262 valence electrons. The maximum atomic E-state index is 13.1. The molecule has 0 aromatic carbocycles. The van der Waals surface area contributed by atoms with E-state index in [0.717, 1.165) is 20.8 Å². The second-order valence-electron chi connectivity index (χ2n) is 13.6. The summed E-state index contributed by atoms with van der Waals surface area (Å²) in [5.41, 5.74) is -6.64. The molecule has 0 spiro atoms. The number of aliphatic hydroxyl groups excluding tert-OH is 1. The lowest BCUT2D eigenvalue weighted by Crippen LogP contribution is -2.82. The lowest BCUT2D eigenvalue weighted by molar-refractivity contribution is -0.366. The average molecular weight is 669 g/mol. The third-order valence-corrected chi connectivity index (χ3v) is 10.4. The Morgan fingerprint density at radius 3 is 1.83 bits per heavy atom. The van der Waals surface area contributed by atoms with Crippen LogP contribution in [0.15, 0.2) is 11.1 Å². The third kappa shape index (κ3) is 5.79. The van der Waals surface area contributed by atoms with Gasteiger partial charge in [0, 0.05) is 52.9 Å². The highest BCUT2D eigenvalue weighted by molar-refractivity contribution is 5.72. The van der Waals surface area contributed by atoms with Crippen molar-refractivity contribution in [1.82, 2.24) is 0 Å². The fourth-order valence-corrected chi connectivity index (χ4v) is 8.58. The van der Waals surface area contributed by atoms with Gasteiger partial charge >= 0.3 is 35.8 Å². The number of carbonyl (C=O) groups is 6. The van der Waals surface area contributed by atoms with E-state index in [9.17, 15) is 39.0 Å². The van der Waals surface area contributed by atoms with Gasteiger partial charge in [-0.2, -0.15) is 0 Å². The number of ether oxygens (including phenoxy) is 7. The van der Waals surface area contributed by atoms with Gasteiger partial charge in [0.1, 0.15) is 36.6 Å². The summed E-state index contributed by atoms with van der Waals surface area (Å²) < 4.78 is 41.4. The summed E-state index contributed by atoms with van der Waals surface area (Å²) in [6, 6.07) is 0. The molecular formula is C32H44O15. The second kappa shape index (κ2) is 12.5. The first-order valence-corrected chi connectivity index (χ1v) is 15.4. The highest BCUT2D eigenvalue weighted by Crippen LogP contribution is 2.66. The van der Waals surface area contributed by atoms with Crippen LogP contribution in [0.25, 0.3) is 0 Å². The zero-order chi connectivity index (χ0) is 35.4. The van der Waals surface area contributed by atoms with Gasteiger partial charge in [-0.1, -0.05) is 20.8 Å². The highest BCUT2D eigenvalue weighted by Gasteiger charge is 2.79. The van der Waals surface area contributed by atoms with Crippen LogP contribution in [0.4, 0.5) is 0 Å². The van der Waals surface area contributed by atoms with E-state index in [2.05, 4.69) is 0 Å². The van der Waals surface area contributed by atoms with Gasteiger partial charge in [-0.05, 0) is 18.1 Å². The topological polar surface area (TPSA) is 207 Å². The van der Waals surface area contributed by atoms with Crippen molar-refractivity contribution in [3.63, 3.8) is 0 Å². The van der Waals surface area contributed by atoms with Gasteiger partial charge in [-0.15, -0.1) is 0 Å². The van der Waals surface area contributed by atoms with E-state index in [4.69, 9.17) is 33.2 Å². The number of aliphatic hydroxyl groups is 2. The van der Waals surface area contributed by atoms with Gasteiger partial charge in [0.25, 0.3) is 0 Å².